The van der Waals surface area contributed by atoms with E-state index in [4.69, 9.17) is 9.47 Å². The van der Waals surface area contributed by atoms with E-state index in [0.29, 0.717) is 31.4 Å². The van der Waals surface area contributed by atoms with E-state index >= 15 is 0 Å². The summed E-state index contributed by atoms with van der Waals surface area (Å²) in [7, 11) is 0.927. The number of carbonyl (C=O) groups excluding carboxylic acids is 2. The molecule has 1 saturated carbocycles. The number of methoxy groups -OCH3 is 1. The summed E-state index contributed by atoms with van der Waals surface area (Å²) >= 11 is 0. The first-order valence-electron chi connectivity index (χ1n) is 14.3. The molecule has 15 heteroatoms. The zero-order chi connectivity index (χ0) is 33.3. The van der Waals surface area contributed by atoms with E-state index in [9.17, 15) is 49.1 Å². The lowest BCUT2D eigenvalue weighted by Gasteiger charge is -2.44. The van der Waals surface area contributed by atoms with Gasteiger partial charge in [0, 0.05) is 12.6 Å². The summed E-state index contributed by atoms with van der Waals surface area (Å²) in [5, 5.41) is 0. The Bertz CT molecular complexity index is 1350. The fourth-order valence-electron chi connectivity index (χ4n) is 5.58. The summed E-state index contributed by atoms with van der Waals surface area (Å²) in [6, 6.07) is 1.38. The van der Waals surface area contributed by atoms with Crippen LogP contribution in [0.2, 0.25) is 0 Å². The molecule has 0 bridgehead atoms. The molecule has 0 spiro atoms. The van der Waals surface area contributed by atoms with Gasteiger partial charge in [0.25, 0.3) is 0 Å². The van der Waals surface area contributed by atoms with Gasteiger partial charge in [-0.1, -0.05) is 19.8 Å². The molecule has 2 atom stereocenters. The third kappa shape index (κ3) is 7.96. The van der Waals surface area contributed by atoms with Crippen LogP contribution in [0.15, 0.2) is 36.4 Å². The van der Waals surface area contributed by atoms with Crippen LogP contribution in [-0.2, 0) is 34.5 Å². The van der Waals surface area contributed by atoms with Crippen molar-refractivity contribution in [3.8, 4) is 0 Å². The maximum absolute atomic E-state index is 13.9. The predicted octanol–water partition coefficient (Wildman–Crippen LogP) is 9.37. The van der Waals surface area contributed by atoms with Crippen molar-refractivity contribution in [3.63, 3.8) is 0 Å². The van der Waals surface area contributed by atoms with Crippen LogP contribution < -0.4 is 4.90 Å². The fraction of sp³-hybridized carbons (Fsp3) is 0.533. The van der Waals surface area contributed by atoms with Crippen LogP contribution in [0, 0.1) is 5.92 Å². The SMILES string of the molecule is CCCCCOC(=O)N1c2ccc(C(F)(F)F)cc2[C@@H](N(Cc2cc(C(F)(F)F)cc(C(F)(F)F)c2)C(=O)OC)C[C@H]1C1CC1. The lowest BCUT2D eigenvalue weighted by Crippen LogP contribution is -2.50. The van der Waals surface area contributed by atoms with Crippen molar-refractivity contribution >= 4 is 17.9 Å². The number of rotatable bonds is 8. The van der Waals surface area contributed by atoms with Gasteiger partial charge in [0.2, 0.25) is 0 Å². The number of halogens is 9. The van der Waals surface area contributed by atoms with E-state index < -0.39 is 71.6 Å². The van der Waals surface area contributed by atoms with Crippen molar-refractivity contribution in [2.75, 3.05) is 18.6 Å². The highest BCUT2D eigenvalue weighted by atomic mass is 19.4. The molecule has 2 amide bonds. The van der Waals surface area contributed by atoms with Crippen LogP contribution in [0.4, 0.5) is 54.8 Å². The van der Waals surface area contributed by atoms with Crippen LogP contribution in [0.1, 0.15) is 79.3 Å². The molecule has 0 N–H and O–H groups in total. The van der Waals surface area contributed by atoms with E-state index in [1.807, 2.05) is 6.92 Å². The van der Waals surface area contributed by atoms with E-state index in [2.05, 4.69) is 0 Å². The van der Waals surface area contributed by atoms with Gasteiger partial charge in [-0.05, 0) is 79.1 Å². The number of hydrogen-bond acceptors (Lipinski definition) is 4. The van der Waals surface area contributed by atoms with Crippen LogP contribution in [0.3, 0.4) is 0 Å². The summed E-state index contributed by atoms with van der Waals surface area (Å²) in [5.74, 6) is -0.129. The molecule has 0 radical (unpaired) electrons. The van der Waals surface area contributed by atoms with Gasteiger partial charge in [0.1, 0.15) is 0 Å². The van der Waals surface area contributed by atoms with Gasteiger partial charge in [-0.3, -0.25) is 9.80 Å². The lowest BCUT2D eigenvalue weighted by atomic mass is 9.86. The number of benzene rings is 2. The third-order valence-corrected chi connectivity index (χ3v) is 7.89. The van der Waals surface area contributed by atoms with Crippen LogP contribution >= 0.6 is 0 Å². The summed E-state index contributed by atoms with van der Waals surface area (Å²) in [4.78, 5) is 28.5. The number of carbonyl (C=O) groups is 2. The number of hydrogen-bond donors (Lipinski definition) is 0. The molecular formula is C30H31F9N2O4. The van der Waals surface area contributed by atoms with Gasteiger partial charge in [0.15, 0.2) is 0 Å². The van der Waals surface area contributed by atoms with Gasteiger partial charge < -0.3 is 9.47 Å². The highest BCUT2D eigenvalue weighted by Crippen LogP contribution is 2.50. The second-order valence-corrected chi connectivity index (χ2v) is 11.1. The average Bonchev–Trinajstić information content (AvgIpc) is 3.81. The Morgan fingerprint density at radius 2 is 1.47 bits per heavy atom. The monoisotopic (exact) mass is 654 g/mol. The van der Waals surface area contributed by atoms with Gasteiger partial charge in [-0.25, -0.2) is 9.59 Å². The molecular weight excluding hydrogens is 623 g/mol. The molecule has 4 rings (SSSR count). The molecule has 2 aliphatic rings. The van der Waals surface area contributed by atoms with Gasteiger partial charge in [-0.2, -0.15) is 39.5 Å². The Kier molecular flexibility index (Phi) is 9.88. The number of ether oxygens (including phenoxy) is 2. The number of anilines is 1. The number of fused-ring (bicyclic) bond motifs is 1. The lowest BCUT2D eigenvalue weighted by molar-refractivity contribution is -0.143. The van der Waals surface area contributed by atoms with Gasteiger partial charge in [-0.15, -0.1) is 0 Å². The largest absolute Gasteiger partial charge is 0.453 e. The van der Waals surface area contributed by atoms with Gasteiger partial charge >= 0.3 is 30.7 Å². The number of amides is 2. The molecule has 248 valence electrons. The molecule has 2 aromatic rings. The third-order valence-electron chi connectivity index (χ3n) is 7.89. The maximum Gasteiger partial charge on any atom is 0.416 e. The zero-order valence-corrected chi connectivity index (χ0v) is 24.3. The minimum absolute atomic E-state index is 0.00873. The van der Waals surface area contributed by atoms with Crippen LogP contribution in [0.5, 0.6) is 0 Å². The minimum atomic E-state index is -5.17. The second kappa shape index (κ2) is 13.0. The van der Waals surface area contributed by atoms with Crippen molar-refractivity contribution in [2.45, 2.75) is 82.6 Å². The van der Waals surface area contributed by atoms with E-state index in [1.165, 1.54) is 4.90 Å². The second-order valence-electron chi connectivity index (χ2n) is 11.1. The Morgan fingerprint density at radius 3 is 1.98 bits per heavy atom. The zero-order valence-electron chi connectivity index (χ0n) is 24.3. The topological polar surface area (TPSA) is 59.1 Å². The van der Waals surface area contributed by atoms with Crippen LogP contribution in [-0.4, -0.2) is 36.8 Å². The van der Waals surface area contributed by atoms with Crippen molar-refractivity contribution in [2.24, 2.45) is 5.92 Å². The Morgan fingerprint density at radius 1 is 0.867 bits per heavy atom. The summed E-state index contributed by atoms with van der Waals surface area (Å²) in [6.07, 6.45) is -13.9. The van der Waals surface area contributed by atoms with Crippen molar-refractivity contribution in [1.29, 1.82) is 0 Å². The first-order chi connectivity index (χ1) is 21.0. The summed E-state index contributed by atoms with van der Waals surface area (Å²) in [5.41, 5.74) is -5.12. The number of alkyl halides is 9. The molecule has 0 aromatic heterocycles. The van der Waals surface area contributed by atoms with E-state index in [0.717, 1.165) is 43.1 Å². The number of nitrogens with zero attached hydrogens (tertiary/aromatic N) is 2. The molecule has 0 saturated heterocycles. The molecule has 2 aromatic carbocycles. The first kappa shape index (κ1) is 34.2. The fourth-order valence-corrected chi connectivity index (χ4v) is 5.58. The Labute approximate surface area is 253 Å². The molecule has 45 heavy (non-hydrogen) atoms. The van der Waals surface area contributed by atoms with E-state index in [1.54, 1.807) is 0 Å². The highest BCUT2D eigenvalue weighted by Gasteiger charge is 2.48. The quantitative estimate of drug-likeness (QED) is 0.210. The van der Waals surface area contributed by atoms with E-state index in [-0.39, 0.29) is 36.3 Å². The Balaban J connectivity index is 1.84. The first-order valence-corrected chi connectivity index (χ1v) is 14.3. The highest BCUT2D eigenvalue weighted by molar-refractivity contribution is 5.91. The molecule has 1 heterocycles. The standard InChI is InChI=1S/C30H31F9N2O4/c1-3-4-5-10-45-27(43)41-23-9-8-19(28(31,32)33)14-22(23)25(15-24(41)18-6-7-18)40(26(42)44-2)16-17-11-20(29(34,35)36)13-21(12-17)30(37,38)39/h8-9,11-14,18,24-25H,3-7,10,15-16H2,1-2H3/t24-,25-/m0/s1. The smallest absolute Gasteiger partial charge is 0.416 e. The molecule has 1 aliphatic carbocycles. The molecule has 0 unspecified atom stereocenters. The normalized spacial score (nSPS) is 18.8. The van der Waals surface area contributed by atoms with Gasteiger partial charge in [0.05, 0.1) is 42.1 Å². The minimum Gasteiger partial charge on any atom is -0.453 e. The Hall–Kier alpha value is -3.65. The van der Waals surface area contributed by atoms with Crippen molar-refractivity contribution in [3.05, 3.63) is 64.2 Å². The average molecular weight is 655 g/mol. The summed E-state index contributed by atoms with van der Waals surface area (Å²) in [6.45, 7) is 1.14. The molecule has 6 nitrogen and oxygen atoms in total. The molecule has 1 fully saturated rings. The number of unbranched alkanes of at least 4 members (excludes halogenated alkanes) is 2. The van der Waals surface area contributed by atoms with Crippen LogP contribution in [0.25, 0.3) is 0 Å². The summed E-state index contributed by atoms with van der Waals surface area (Å²) < 4.78 is 133. The van der Waals surface area contributed by atoms with Crippen molar-refractivity contribution < 1.29 is 58.6 Å². The maximum atomic E-state index is 13.9. The predicted molar refractivity (Wildman–Crippen MR) is 143 cm³/mol. The molecule has 1 aliphatic heterocycles. The van der Waals surface area contributed by atoms with Crippen molar-refractivity contribution in [1.82, 2.24) is 4.90 Å².